The Morgan fingerprint density at radius 2 is 1.79 bits per heavy atom. The maximum atomic E-state index is 10.9. The minimum absolute atomic E-state index is 0.000588. The Bertz CT molecular complexity index is 749. The average molecular weight is 485 g/mol. The van der Waals surface area contributed by atoms with Gasteiger partial charge in [-0.15, -0.1) is 0 Å². The monoisotopic (exact) mass is 484 g/mol. The maximum absolute atomic E-state index is 10.9. The summed E-state index contributed by atoms with van der Waals surface area (Å²) in [6.45, 7) is 12.3. The van der Waals surface area contributed by atoms with Gasteiger partial charge in [0, 0.05) is 0 Å². The van der Waals surface area contributed by atoms with Crippen molar-refractivity contribution in [1.82, 2.24) is 0 Å². The second-order valence-electron chi connectivity index (χ2n) is 11.4. The van der Waals surface area contributed by atoms with Crippen LogP contribution in [0, 0.1) is 22.7 Å². The van der Waals surface area contributed by atoms with E-state index in [1.807, 2.05) is 13.0 Å². The molecule has 3 fully saturated rings. The summed E-state index contributed by atoms with van der Waals surface area (Å²) in [6, 6.07) is 0. The van der Waals surface area contributed by atoms with Crippen molar-refractivity contribution in [3.63, 3.8) is 0 Å². The second-order valence-corrected chi connectivity index (χ2v) is 11.4. The van der Waals surface area contributed by atoms with Crippen LogP contribution in [0.1, 0.15) is 59.8 Å². The van der Waals surface area contributed by atoms with Crippen molar-refractivity contribution >= 4 is 0 Å². The zero-order chi connectivity index (χ0) is 25.4. The number of rotatable bonds is 7. The van der Waals surface area contributed by atoms with Gasteiger partial charge in [-0.25, -0.2) is 0 Å². The third-order valence-electron chi connectivity index (χ3n) is 9.03. The first-order valence-electron chi connectivity index (χ1n) is 12.5. The van der Waals surface area contributed by atoms with Gasteiger partial charge in [0.15, 0.2) is 6.29 Å². The van der Waals surface area contributed by atoms with Crippen molar-refractivity contribution in [2.24, 2.45) is 22.7 Å². The Morgan fingerprint density at radius 1 is 1.12 bits per heavy atom. The summed E-state index contributed by atoms with van der Waals surface area (Å²) in [7, 11) is 0. The molecule has 2 aliphatic carbocycles. The molecular formula is C26H44O8. The van der Waals surface area contributed by atoms with Gasteiger partial charge in [-0.1, -0.05) is 39.0 Å². The lowest BCUT2D eigenvalue weighted by Gasteiger charge is -2.61. The summed E-state index contributed by atoms with van der Waals surface area (Å²) in [5, 5.41) is 60.5. The first-order valence-corrected chi connectivity index (χ1v) is 12.5. The molecule has 34 heavy (non-hydrogen) atoms. The number of ether oxygens (including phenoxy) is 2. The Kier molecular flexibility index (Phi) is 8.69. The molecule has 8 heteroatoms. The highest BCUT2D eigenvalue weighted by molar-refractivity contribution is 5.22. The third kappa shape index (κ3) is 5.02. The quantitative estimate of drug-likeness (QED) is 0.235. The highest BCUT2D eigenvalue weighted by atomic mass is 16.7. The van der Waals surface area contributed by atoms with Gasteiger partial charge in [0.1, 0.15) is 24.4 Å². The van der Waals surface area contributed by atoms with Gasteiger partial charge >= 0.3 is 0 Å². The Labute approximate surface area is 202 Å². The summed E-state index contributed by atoms with van der Waals surface area (Å²) < 4.78 is 11.8. The van der Waals surface area contributed by atoms with Crippen LogP contribution >= 0.6 is 0 Å². The van der Waals surface area contributed by atoms with E-state index < -0.39 is 49.5 Å². The van der Waals surface area contributed by atoms with E-state index in [1.165, 1.54) is 0 Å². The topological polar surface area (TPSA) is 140 Å². The fourth-order valence-corrected chi connectivity index (χ4v) is 6.71. The van der Waals surface area contributed by atoms with Crippen LogP contribution in [0.15, 0.2) is 23.8 Å². The van der Waals surface area contributed by atoms with E-state index in [0.717, 1.165) is 30.4 Å². The van der Waals surface area contributed by atoms with Gasteiger partial charge < -0.3 is 40.1 Å². The summed E-state index contributed by atoms with van der Waals surface area (Å²) in [5.74, 6) is 0.186. The van der Waals surface area contributed by atoms with Gasteiger partial charge in [-0.05, 0) is 67.3 Å². The molecule has 0 aromatic heterocycles. The summed E-state index contributed by atoms with van der Waals surface area (Å²) in [4.78, 5) is 0. The first-order chi connectivity index (χ1) is 15.9. The largest absolute Gasteiger partial charge is 0.394 e. The number of hydrogen-bond acceptors (Lipinski definition) is 8. The predicted octanol–water partition coefficient (Wildman–Crippen LogP) is 1.27. The molecule has 0 radical (unpaired) electrons. The fourth-order valence-electron chi connectivity index (χ4n) is 6.71. The first kappa shape index (κ1) is 27.7. The number of aliphatic hydroxyl groups is 6. The van der Waals surface area contributed by atoms with E-state index in [1.54, 1.807) is 0 Å². The van der Waals surface area contributed by atoms with Crippen molar-refractivity contribution in [3.05, 3.63) is 23.8 Å². The predicted molar refractivity (Wildman–Crippen MR) is 127 cm³/mol. The molecule has 1 saturated heterocycles. The summed E-state index contributed by atoms with van der Waals surface area (Å²) in [6.07, 6.45) is -2.05. The van der Waals surface area contributed by atoms with Crippen molar-refractivity contribution in [3.8, 4) is 0 Å². The van der Waals surface area contributed by atoms with Crippen molar-refractivity contribution < 1.29 is 40.1 Å². The molecular weight excluding hydrogens is 440 g/mol. The molecule has 1 heterocycles. The molecule has 0 bridgehead atoms. The van der Waals surface area contributed by atoms with Crippen LogP contribution in [0.2, 0.25) is 0 Å². The Morgan fingerprint density at radius 3 is 2.41 bits per heavy atom. The van der Waals surface area contributed by atoms with Gasteiger partial charge in [-0.3, -0.25) is 0 Å². The van der Waals surface area contributed by atoms with E-state index in [0.29, 0.717) is 12.8 Å². The molecule has 3 aliphatic rings. The Balaban J connectivity index is 1.89. The highest BCUT2D eigenvalue weighted by Crippen LogP contribution is 2.62. The molecule has 1 aliphatic heterocycles. The molecule has 3 rings (SSSR count). The normalized spacial score (nSPS) is 45.2. The maximum Gasteiger partial charge on any atom is 0.187 e. The minimum atomic E-state index is -1.51. The number of fused-ring (bicyclic) bond motifs is 1. The molecule has 8 nitrogen and oxygen atoms in total. The van der Waals surface area contributed by atoms with Crippen LogP contribution < -0.4 is 0 Å². The standard InChI is InChI=1S/C26H44O8/c1-14(9-11-27)6-7-16-15(2)17(12-19-25(3,4)20(29)8-10-26(16,19)5)33-24-23(32)22(31)21(30)18(13-28)34-24/h9,16-24,27-32H,2,6-8,10-13H2,1,3-5H3/b14-9+/t16-,17+,18+,19-,20+,21-,22+,23+,24+,26+/m0/s1. The zero-order valence-corrected chi connectivity index (χ0v) is 20.9. The fraction of sp³-hybridized carbons (Fsp3) is 0.846. The lowest BCUT2D eigenvalue weighted by atomic mass is 9.46. The van der Waals surface area contributed by atoms with Gasteiger partial charge in [0.05, 0.1) is 25.4 Å². The van der Waals surface area contributed by atoms with Crippen molar-refractivity contribution in [1.29, 1.82) is 0 Å². The van der Waals surface area contributed by atoms with Crippen molar-refractivity contribution in [2.75, 3.05) is 13.2 Å². The lowest BCUT2D eigenvalue weighted by Crippen LogP contribution is -2.61. The summed E-state index contributed by atoms with van der Waals surface area (Å²) >= 11 is 0. The van der Waals surface area contributed by atoms with Crippen LogP contribution in [0.3, 0.4) is 0 Å². The zero-order valence-electron chi connectivity index (χ0n) is 20.9. The van der Waals surface area contributed by atoms with Crippen LogP contribution in [0.5, 0.6) is 0 Å². The Hall–Kier alpha value is -0.840. The van der Waals surface area contributed by atoms with E-state index >= 15 is 0 Å². The molecule has 196 valence electrons. The molecule has 10 atom stereocenters. The van der Waals surface area contributed by atoms with E-state index in [-0.39, 0.29) is 29.3 Å². The van der Waals surface area contributed by atoms with Crippen molar-refractivity contribution in [2.45, 2.75) is 103 Å². The van der Waals surface area contributed by atoms with Crippen LogP contribution in [-0.2, 0) is 9.47 Å². The van der Waals surface area contributed by atoms with E-state index in [4.69, 9.17) is 9.47 Å². The number of hydrogen-bond donors (Lipinski definition) is 6. The van der Waals surface area contributed by atoms with Gasteiger partial charge in [0.25, 0.3) is 0 Å². The average Bonchev–Trinajstić information content (AvgIpc) is 2.78. The number of aliphatic hydroxyl groups excluding tert-OH is 6. The van der Waals surface area contributed by atoms with E-state index in [2.05, 4.69) is 27.4 Å². The van der Waals surface area contributed by atoms with Crippen LogP contribution in [0.4, 0.5) is 0 Å². The van der Waals surface area contributed by atoms with Crippen LogP contribution in [0.25, 0.3) is 0 Å². The second kappa shape index (κ2) is 10.6. The molecule has 0 unspecified atom stereocenters. The highest BCUT2D eigenvalue weighted by Gasteiger charge is 2.58. The molecule has 0 amide bonds. The molecule has 0 aromatic rings. The third-order valence-corrected chi connectivity index (χ3v) is 9.03. The van der Waals surface area contributed by atoms with Crippen LogP contribution in [-0.4, -0.2) is 86.8 Å². The van der Waals surface area contributed by atoms with E-state index in [9.17, 15) is 30.6 Å². The summed E-state index contributed by atoms with van der Waals surface area (Å²) in [5.41, 5.74) is 1.52. The van der Waals surface area contributed by atoms with Gasteiger partial charge in [0.2, 0.25) is 0 Å². The molecule has 0 spiro atoms. The molecule has 6 N–H and O–H groups in total. The smallest absolute Gasteiger partial charge is 0.187 e. The molecule has 0 aromatic carbocycles. The SMILES string of the molecule is C=C1[C@H](O[C@@H]2O[C@H](CO)[C@H](O)[C@@H](O)[C@H]2O)C[C@H]2C(C)(C)[C@H](O)CC[C@]2(C)[C@H]1CC/C(C)=C/CO. The number of allylic oxidation sites excluding steroid dienone is 1. The van der Waals surface area contributed by atoms with Gasteiger partial charge in [-0.2, -0.15) is 0 Å². The molecule has 2 saturated carbocycles. The lowest BCUT2D eigenvalue weighted by molar-refractivity contribution is -0.313. The minimum Gasteiger partial charge on any atom is -0.394 e.